The van der Waals surface area contributed by atoms with E-state index in [2.05, 4.69) is 35.0 Å². The van der Waals surface area contributed by atoms with Crippen LogP contribution >= 0.6 is 0 Å². The molecular formula is C19H26N4O2. The van der Waals surface area contributed by atoms with Crippen molar-refractivity contribution in [2.75, 3.05) is 5.73 Å². The molecule has 0 bridgehead atoms. The molecule has 0 radical (unpaired) electrons. The van der Waals surface area contributed by atoms with E-state index in [0.717, 1.165) is 29.4 Å². The van der Waals surface area contributed by atoms with Crippen LogP contribution in [0.3, 0.4) is 0 Å². The zero-order valence-electron chi connectivity index (χ0n) is 15.3. The number of anilines is 1. The molecule has 0 spiro atoms. The van der Waals surface area contributed by atoms with E-state index in [1.54, 1.807) is 0 Å². The lowest BCUT2D eigenvalue weighted by Crippen LogP contribution is -2.43. The molecule has 6 heteroatoms. The number of fused-ring (bicyclic) bond motifs is 2. The van der Waals surface area contributed by atoms with Crippen LogP contribution in [0.25, 0.3) is 11.0 Å². The van der Waals surface area contributed by atoms with Crippen LogP contribution in [0.5, 0.6) is 0 Å². The van der Waals surface area contributed by atoms with Crippen molar-refractivity contribution in [1.29, 1.82) is 0 Å². The summed E-state index contributed by atoms with van der Waals surface area (Å²) in [7, 11) is 0. The Hall–Kier alpha value is -1.92. The van der Waals surface area contributed by atoms with E-state index in [9.17, 15) is 0 Å². The first-order valence-corrected chi connectivity index (χ1v) is 8.87. The molecule has 3 heterocycles. The molecule has 134 valence electrons. The number of nitrogen functional groups attached to an aromatic ring is 1. The van der Waals surface area contributed by atoms with Gasteiger partial charge in [0.1, 0.15) is 29.5 Å². The van der Waals surface area contributed by atoms with Gasteiger partial charge in [-0.3, -0.25) is 0 Å². The van der Waals surface area contributed by atoms with Gasteiger partial charge in [0, 0.05) is 6.20 Å². The van der Waals surface area contributed by atoms with Gasteiger partial charge in [0.2, 0.25) is 0 Å². The van der Waals surface area contributed by atoms with Crippen LogP contribution in [-0.2, 0) is 9.47 Å². The summed E-state index contributed by atoms with van der Waals surface area (Å²) in [6, 6.07) is 2.08. The smallest absolute Gasteiger partial charge is 0.164 e. The average Bonchev–Trinajstić information content (AvgIpc) is 3.05. The number of rotatable bonds is 1. The van der Waals surface area contributed by atoms with Crippen LogP contribution in [0.15, 0.2) is 30.7 Å². The molecule has 1 aliphatic carbocycles. The Morgan fingerprint density at radius 1 is 1.28 bits per heavy atom. The molecular weight excluding hydrogens is 316 g/mol. The van der Waals surface area contributed by atoms with Gasteiger partial charge >= 0.3 is 0 Å². The topological polar surface area (TPSA) is 75.2 Å². The molecule has 0 aromatic carbocycles. The summed E-state index contributed by atoms with van der Waals surface area (Å²) in [5.74, 6) is 0.229. The van der Waals surface area contributed by atoms with Gasteiger partial charge in [-0.1, -0.05) is 13.5 Å². The van der Waals surface area contributed by atoms with Gasteiger partial charge < -0.3 is 19.8 Å². The fourth-order valence-electron chi connectivity index (χ4n) is 4.48. The fourth-order valence-corrected chi connectivity index (χ4v) is 4.48. The first kappa shape index (κ1) is 16.5. The second-order valence-corrected chi connectivity index (χ2v) is 7.94. The molecule has 1 saturated carbocycles. The fraction of sp³-hybridized carbons (Fsp3) is 0.579. The SMILES string of the molecule is C=C1C(C)CCC(n2ccc3c(N)ncnc32)[C@@H]2OC(C)(C)OC12C. The second-order valence-electron chi connectivity index (χ2n) is 7.94. The summed E-state index contributed by atoms with van der Waals surface area (Å²) in [6.07, 6.45) is 5.42. The van der Waals surface area contributed by atoms with Gasteiger partial charge in [0.25, 0.3) is 0 Å². The highest BCUT2D eigenvalue weighted by molar-refractivity contribution is 5.86. The predicted octanol–water partition coefficient (Wildman–Crippen LogP) is 3.45. The lowest BCUT2D eigenvalue weighted by Gasteiger charge is -2.34. The predicted molar refractivity (Wildman–Crippen MR) is 97.0 cm³/mol. The first-order chi connectivity index (χ1) is 11.7. The van der Waals surface area contributed by atoms with E-state index < -0.39 is 11.4 Å². The molecule has 3 unspecified atom stereocenters. The molecule has 2 fully saturated rings. The van der Waals surface area contributed by atoms with Crippen molar-refractivity contribution in [2.45, 2.75) is 64.1 Å². The minimum Gasteiger partial charge on any atom is -0.383 e. The molecule has 1 saturated heterocycles. The lowest BCUT2D eigenvalue weighted by molar-refractivity contribution is -0.158. The second kappa shape index (κ2) is 5.29. The van der Waals surface area contributed by atoms with Gasteiger partial charge in [-0.25, -0.2) is 9.97 Å². The summed E-state index contributed by atoms with van der Waals surface area (Å²) in [6.45, 7) is 12.6. The Morgan fingerprint density at radius 2 is 2.04 bits per heavy atom. The zero-order valence-corrected chi connectivity index (χ0v) is 15.3. The lowest BCUT2D eigenvalue weighted by atomic mass is 9.84. The number of hydrogen-bond acceptors (Lipinski definition) is 5. The zero-order chi connectivity index (χ0) is 18.0. The Labute approximate surface area is 148 Å². The van der Waals surface area contributed by atoms with Crippen LogP contribution in [-0.4, -0.2) is 32.0 Å². The van der Waals surface area contributed by atoms with Crippen LogP contribution in [0.1, 0.15) is 46.6 Å². The van der Waals surface area contributed by atoms with Crippen LogP contribution in [0.2, 0.25) is 0 Å². The summed E-state index contributed by atoms with van der Waals surface area (Å²) in [5.41, 5.74) is 7.44. The van der Waals surface area contributed by atoms with Crippen molar-refractivity contribution in [2.24, 2.45) is 5.92 Å². The third kappa shape index (κ3) is 2.39. The van der Waals surface area contributed by atoms with E-state index in [1.165, 1.54) is 6.33 Å². The molecule has 2 aromatic heterocycles. The third-order valence-electron chi connectivity index (χ3n) is 5.79. The molecule has 2 aliphatic rings. The minimum absolute atomic E-state index is 0.0975. The molecule has 1 aliphatic heterocycles. The normalized spacial score (nSPS) is 34.9. The van der Waals surface area contributed by atoms with Crippen molar-refractivity contribution in [3.63, 3.8) is 0 Å². The highest BCUT2D eigenvalue weighted by atomic mass is 16.8. The number of nitrogens with zero attached hydrogens (tertiary/aromatic N) is 3. The van der Waals surface area contributed by atoms with Crippen molar-refractivity contribution in [3.05, 3.63) is 30.7 Å². The number of hydrogen-bond donors (Lipinski definition) is 1. The van der Waals surface area contributed by atoms with Gasteiger partial charge in [0.15, 0.2) is 5.79 Å². The molecule has 25 heavy (non-hydrogen) atoms. The Kier molecular flexibility index (Phi) is 3.50. The van der Waals surface area contributed by atoms with Crippen molar-refractivity contribution in [1.82, 2.24) is 14.5 Å². The van der Waals surface area contributed by atoms with Gasteiger partial charge in [-0.05, 0) is 51.2 Å². The highest BCUT2D eigenvalue weighted by Crippen LogP contribution is 2.51. The molecule has 6 nitrogen and oxygen atoms in total. The van der Waals surface area contributed by atoms with Crippen molar-refractivity contribution < 1.29 is 9.47 Å². The quantitative estimate of drug-likeness (QED) is 0.803. The Bertz CT molecular complexity index is 843. The average molecular weight is 342 g/mol. The van der Waals surface area contributed by atoms with Crippen LogP contribution in [0.4, 0.5) is 5.82 Å². The Balaban J connectivity index is 1.86. The molecule has 4 rings (SSSR count). The van der Waals surface area contributed by atoms with Crippen molar-refractivity contribution in [3.8, 4) is 0 Å². The first-order valence-electron chi connectivity index (χ1n) is 8.87. The van der Waals surface area contributed by atoms with E-state index in [-0.39, 0.29) is 12.1 Å². The van der Waals surface area contributed by atoms with E-state index in [0.29, 0.717) is 11.7 Å². The maximum atomic E-state index is 6.39. The maximum absolute atomic E-state index is 6.39. The third-order valence-corrected chi connectivity index (χ3v) is 5.79. The van der Waals surface area contributed by atoms with Gasteiger partial charge in [-0.15, -0.1) is 0 Å². The summed E-state index contributed by atoms with van der Waals surface area (Å²) < 4.78 is 14.9. The summed E-state index contributed by atoms with van der Waals surface area (Å²) in [5, 5.41) is 0.874. The highest BCUT2D eigenvalue weighted by Gasteiger charge is 2.57. The number of ether oxygens (including phenoxy) is 2. The molecule has 4 atom stereocenters. The minimum atomic E-state index is -0.644. The van der Waals surface area contributed by atoms with Crippen molar-refractivity contribution >= 4 is 16.9 Å². The summed E-state index contributed by atoms with van der Waals surface area (Å²) >= 11 is 0. The molecule has 2 aromatic rings. The van der Waals surface area contributed by atoms with E-state index >= 15 is 0 Å². The van der Waals surface area contributed by atoms with E-state index in [4.69, 9.17) is 15.2 Å². The van der Waals surface area contributed by atoms with E-state index in [1.807, 2.05) is 26.1 Å². The number of nitrogens with two attached hydrogens (primary N) is 1. The van der Waals surface area contributed by atoms with Crippen LogP contribution < -0.4 is 5.73 Å². The Morgan fingerprint density at radius 3 is 2.80 bits per heavy atom. The van der Waals surface area contributed by atoms with Crippen LogP contribution in [0, 0.1) is 5.92 Å². The molecule has 0 amide bonds. The largest absolute Gasteiger partial charge is 0.383 e. The number of aromatic nitrogens is 3. The van der Waals surface area contributed by atoms with Gasteiger partial charge in [0.05, 0.1) is 11.4 Å². The van der Waals surface area contributed by atoms with Gasteiger partial charge in [-0.2, -0.15) is 0 Å². The standard InChI is InChI=1S/C19H26N4O2/c1-11-6-7-14(15-19(5,12(11)2)25-18(3,4)24-15)23-9-8-13-16(20)21-10-22-17(13)23/h8-11,14-15H,2,6-7H2,1,3-5H3,(H2,20,21,22)/t11?,14?,15-,19?/m0/s1. The monoisotopic (exact) mass is 342 g/mol. The summed E-state index contributed by atoms with van der Waals surface area (Å²) in [4.78, 5) is 8.57. The molecule has 2 N–H and O–H groups in total. The maximum Gasteiger partial charge on any atom is 0.164 e.